The molecule has 0 spiro atoms. The van der Waals surface area contributed by atoms with E-state index < -0.39 is 0 Å². The van der Waals surface area contributed by atoms with Crippen molar-refractivity contribution >= 4 is 44.8 Å². The second kappa shape index (κ2) is 8.79. The number of nitrogens with zero attached hydrogens (tertiary/aromatic N) is 1. The molecule has 2 amide bonds. The van der Waals surface area contributed by atoms with Gasteiger partial charge in [-0.3, -0.25) is 9.59 Å². The number of hydrogen-bond acceptors (Lipinski definition) is 5. The van der Waals surface area contributed by atoms with Gasteiger partial charge in [-0.05, 0) is 36.4 Å². The molecule has 138 valence electrons. The van der Waals surface area contributed by atoms with E-state index in [1.54, 1.807) is 18.2 Å². The van der Waals surface area contributed by atoms with Gasteiger partial charge in [0.25, 0.3) is 5.91 Å². The molecule has 3 aromatic rings. The maximum atomic E-state index is 12.3. The number of carbonyl (C=O) groups is 2. The van der Waals surface area contributed by atoms with Crippen LogP contribution in [0.3, 0.4) is 0 Å². The average Bonchev–Trinajstić information content (AvgIpc) is 3.11. The quantitative estimate of drug-likeness (QED) is 0.581. The van der Waals surface area contributed by atoms with Gasteiger partial charge in [-0.2, -0.15) is 0 Å². The summed E-state index contributed by atoms with van der Waals surface area (Å²) in [6.07, 6.45) is 1.54. The highest BCUT2D eigenvalue weighted by Gasteiger charge is 2.10. The van der Waals surface area contributed by atoms with E-state index in [1.165, 1.54) is 24.5 Å². The number of ether oxygens (including phenoxy) is 1. The van der Waals surface area contributed by atoms with Crippen molar-refractivity contribution in [1.82, 2.24) is 10.3 Å². The molecule has 2 N–H and O–H groups in total. The number of thiophene rings is 1. The van der Waals surface area contributed by atoms with E-state index in [0.29, 0.717) is 28.7 Å². The standard InChI is InChI=1S/C19H16BrN3O3S/c1-12(24)21-11-16-6-7-17(27-16)19(25)23-14-5-8-18(22-10-14)26-15-4-2-3-13(20)9-15/h2-10H,11H2,1H3,(H,21,24)(H,23,25). The van der Waals surface area contributed by atoms with Gasteiger partial charge in [0, 0.05) is 22.3 Å². The number of pyridine rings is 1. The molecule has 0 radical (unpaired) electrons. The number of benzene rings is 1. The number of anilines is 1. The number of halogens is 1. The number of aromatic nitrogens is 1. The second-order valence-electron chi connectivity index (χ2n) is 5.57. The van der Waals surface area contributed by atoms with Crippen LogP contribution in [0.25, 0.3) is 0 Å². The molecule has 0 saturated carbocycles. The Hall–Kier alpha value is -2.71. The lowest BCUT2D eigenvalue weighted by atomic mass is 10.3. The summed E-state index contributed by atoms with van der Waals surface area (Å²) in [6, 6.07) is 14.4. The Labute approximate surface area is 168 Å². The van der Waals surface area contributed by atoms with Crippen molar-refractivity contribution in [3.8, 4) is 11.6 Å². The van der Waals surface area contributed by atoms with Crippen LogP contribution < -0.4 is 15.4 Å². The third-order valence-electron chi connectivity index (χ3n) is 3.41. The molecule has 2 aromatic heterocycles. The molecule has 2 heterocycles. The minimum Gasteiger partial charge on any atom is -0.439 e. The average molecular weight is 446 g/mol. The number of carbonyl (C=O) groups excluding carboxylic acids is 2. The zero-order valence-electron chi connectivity index (χ0n) is 14.4. The molecule has 0 saturated heterocycles. The van der Waals surface area contributed by atoms with Gasteiger partial charge in [-0.25, -0.2) is 4.98 Å². The number of rotatable bonds is 6. The fourth-order valence-corrected chi connectivity index (χ4v) is 3.39. The Bertz CT molecular complexity index is 957. The highest BCUT2D eigenvalue weighted by Crippen LogP contribution is 2.24. The van der Waals surface area contributed by atoms with Crippen LogP contribution in [0.4, 0.5) is 5.69 Å². The van der Waals surface area contributed by atoms with Gasteiger partial charge in [0.15, 0.2) is 0 Å². The van der Waals surface area contributed by atoms with Gasteiger partial charge < -0.3 is 15.4 Å². The highest BCUT2D eigenvalue weighted by molar-refractivity contribution is 9.10. The fourth-order valence-electron chi connectivity index (χ4n) is 2.17. The minimum absolute atomic E-state index is 0.106. The van der Waals surface area contributed by atoms with Gasteiger partial charge in [-0.1, -0.05) is 22.0 Å². The van der Waals surface area contributed by atoms with Gasteiger partial charge >= 0.3 is 0 Å². The van der Waals surface area contributed by atoms with Crippen LogP contribution in [0.2, 0.25) is 0 Å². The van der Waals surface area contributed by atoms with Crippen LogP contribution in [0.15, 0.2) is 59.2 Å². The van der Waals surface area contributed by atoms with E-state index in [4.69, 9.17) is 4.74 Å². The first-order chi connectivity index (χ1) is 13.0. The molecule has 27 heavy (non-hydrogen) atoms. The summed E-state index contributed by atoms with van der Waals surface area (Å²) in [5, 5.41) is 5.50. The van der Waals surface area contributed by atoms with Gasteiger partial charge in [0.2, 0.25) is 11.8 Å². The highest BCUT2D eigenvalue weighted by atomic mass is 79.9. The van der Waals surface area contributed by atoms with E-state index in [9.17, 15) is 9.59 Å². The van der Waals surface area contributed by atoms with Crippen LogP contribution >= 0.6 is 27.3 Å². The van der Waals surface area contributed by atoms with Crippen LogP contribution in [0.1, 0.15) is 21.5 Å². The van der Waals surface area contributed by atoms with Gasteiger partial charge in [0.05, 0.1) is 23.3 Å². The summed E-state index contributed by atoms with van der Waals surface area (Å²) in [4.78, 5) is 29.0. The summed E-state index contributed by atoms with van der Waals surface area (Å²) in [5.74, 6) is 0.765. The first kappa shape index (κ1) is 19.1. The molecule has 1 aromatic carbocycles. The molecule has 6 nitrogen and oxygen atoms in total. The Morgan fingerprint density at radius 1 is 1.19 bits per heavy atom. The summed E-state index contributed by atoms with van der Waals surface area (Å²) < 4.78 is 6.58. The lowest BCUT2D eigenvalue weighted by Gasteiger charge is -2.07. The maximum absolute atomic E-state index is 12.3. The monoisotopic (exact) mass is 445 g/mol. The molecule has 0 aliphatic heterocycles. The summed E-state index contributed by atoms with van der Waals surface area (Å²) >= 11 is 4.72. The Balaban J connectivity index is 1.59. The molecule has 3 rings (SSSR count). The molecule has 8 heteroatoms. The van der Waals surface area contributed by atoms with E-state index in [-0.39, 0.29) is 11.8 Å². The Kier molecular flexibility index (Phi) is 6.20. The molecular formula is C19H16BrN3O3S. The van der Waals surface area contributed by atoms with Gasteiger partial charge in [0.1, 0.15) is 5.75 Å². The van der Waals surface area contributed by atoms with E-state index in [2.05, 4.69) is 31.5 Å². The van der Waals surface area contributed by atoms with Crippen molar-refractivity contribution in [2.75, 3.05) is 5.32 Å². The van der Waals surface area contributed by atoms with E-state index in [0.717, 1.165) is 9.35 Å². The normalized spacial score (nSPS) is 10.3. The van der Waals surface area contributed by atoms with Crippen molar-refractivity contribution in [2.24, 2.45) is 0 Å². The van der Waals surface area contributed by atoms with E-state index >= 15 is 0 Å². The fraction of sp³-hybridized carbons (Fsp3) is 0.105. The Morgan fingerprint density at radius 3 is 2.74 bits per heavy atom. The first-order valence-electron chi connectivity index (χ1n) is 8.03. The van der Waals surface area contributed by atoms with Crippen LogP contribution in [-0.4, -0.2) is 16.8 Å². The molecule has 0 aliphatic rings. The molecular weight excluding hydrogens is 430 g/mol. The summed E-state index contributed by atoms with van der Waals surface area (Å²) in [5.41, 5.74) is 0.568. The largest absolute Gasteiger partial charge is 0.439 e. The van der Waals surface area contributed by atoms with Crippen molar-refractivity contribution < 1.29 is 14.3 Å². The van der Waals surface area contributed by atoms with Crippen molar-refractivity contribution in [1.29, 1.82) is 0 Å². The van der Waals surface area contributed by atoms with Crippen molar-refractivity contribution in [3.05, 3.63) is 69.0 Å². The first-order valence-corrected chi connectivity index (χ1v) is 9.64. The minimum atomic E-state index is -0.225. The van der Waals surface area contributed by atoms with Crippen LogP contribution in [0, 0.1) is 0 Å². The zero-order chi connectivity index (χ0) is 19.2. The number of hydrogen-bond donors (Lipinski definition) is 2. The van der Waals surface area contributed by atoms with E-state index in [1.807, 2.05) is 30.3 Å². The number of nitrogens with one attached hydrogen (secondary N) is 2. The molecule has 0 aliphatic carbocycles. The van der Waals surface area contributed by atoms with Crippen molar-refractivity contribution in [2.45, 2.75) is 13.5 Å². The van der Waals surface area contributed by atoms with Gasteiger partial charge in [-0.15, -0.1) is 11.3 Å². The lowest BCUT2D eigenvalue weighted by Crippen LogP contribution is -2.18. The SMILES string of the molecule is CC(=O)NCc1ccc(C(=O)Nc2ccc(Oc3cccc(Br)c3)nc2)s1. The summed E-state index contributed by atoms with van der Waals surface area (Å²) in [6.45, 7) is 1.87. The smallest absolute Gasteiger partial charge is 0.265 e. The molecule has 0 bridgehead atoms. The third kappa shape index (κ3) is 5.63. The Morgan fingerprint density at radius 2 is 2.04 bits per heavy atom. The predicted octanol–water partition coefficient (Wildman–Crippen LogP) is 4.59. The molecule has 0 fully saturated rings. The topological polar surface area (TPSA) is 80.3 Å². The number of amides is 2. The molecule has 0 unspecified atom stereocenters. The van der Waals surface area contributed by atoms with Crippen molar-refractivity contribution in [3.63, 3.8) is 0 Å². The summed E-state index contributed by atoms with van der Waals surface area (Å²) in [7, 11) is 0. The second-order valence-corrected chi connectivity index (χ2v) is 7.66. The molecule has 0 atom stereocenters. The predicted molar refractivity (Wildman–Crippen MR) is 108 cm³/mol. The van der Waals surface area contributed by atoms with Crippen LogP contribution in [-0.2, 0) is 11.3 Å². The van der Waals surface area contributed by atoms with Crippen LogP contribution in [0.5, 0.6) is 11.6 Å². The zero-order valence-corrected chi connectivity index (χ0v) is 16.8. The maximum Gasteiger partial charge on any atom is 0.265 e. The lowest BCUT2D eigenvalue weighted by molar-refractivity contribution is -0.119. The third-order valence-corrected chi connectivity index (χ3v) is 4.99.